The second-order valence-corrected chi connectivity index (χ2v) is 12.7. The molecule has 4 aliphatic rings. The van der Waals surface area contributed by atoms with Crippen LogP contribution in [-0.4, -0.2) is 53.5 Å². The van der Waals surface area contributed by atoms with Crippen LogP contribution in [0.3, 0.4) is 0 Å². The van der Waals surface area contributed by atoms with Crippen molar-refractivity contribution in [3.05, 3.63) is 35.1 Å². The number of halogens is 1. The number of hydrogen-bond donors (Lipinski definition) is 2. The van der Waals surface area contributed by atoms with Crippen LogP contribution in [-0.2, 0) is 20.7 Å². The van der Waals surface area contributed by atoms with Gasteiger partial charge >= 0.3 is 6.09 Å². The number of primary amides is 1. The lowest BCUT2D eigenvalue weighted by atomic mass is 9.86. The van der Waals surface area contributed by atoms with E-state index in [2.05, 4.69) is 5.32 Å². The SMILES string of the molecule is CC(C)(C)OC(=O)N1[C@@H]2CC[C@@H](C2)[C@H]1C(=O)C[C@@H](Cc1ccc(C2CC3CNCC3C2)cc1F)C(N)=O. The van der Waals surface area contributed by atoms with Crippen molar-refractivity contribution >= 4 is 17.8 Å². The number of hydrogen-bond acceptors (Lipinski definition) is 5. The zero-order valence-corrected chi connectivity index (χ0v) is 22.2. The van der Waals surface area contributed by atoms with E-state index >= 15 is 4.39 Å². The summed E-state index contributed by atoms with van der Waals surface area (Å²) in [5.41, 5.74) is 6.44. The van der Waals surface area contributed by atoms with Gasteiger partial charge in [0.25, 0.3) is 0 Å². The van der Waals surface area contributed by atoms with Crippen molar-refractivity contribution in [2.75, 3.05) is 13.1 Å². The van der Waals surface area contributed by atoms with Crippen LogP contribution in [0.2, 0.25) is 0 Å². The molecule has 6 atom stereocenters. The van der Waals surface area contributed by atoms with Gasteiger partial charge in [0.2, 0.25) is 5.91 Å². The van der Waals surface area contributed by atoms with Crippen LogP contribution < -0.4 is 11.1 Å². The van der Waals surface area contributed by atoms with Gasteiger partial charge < -0.3 is 15.8 Å². The summed E-state index contributed by atoms with van der Waals surface area (Å²) in [6.45, 7) is 7.49. The smallest absolute Gasteiger partial charge is 0.411 e. The van der Waals surface area contributed by atoms with Crippen LogP contribution in [0.25, 0.3) is 0 Å². The summed E-state index contributed by atoms with van der Waals surface area (Å²) in [6.07, 6.45) is 4.12. The Balaban J connectivity index is 1.26. The molecule has 0 aromatic heterocycles. The number of nitrogens with one attached hydrogen (secondary N) is 1. The van der Waals surface area contributed by atoms with E-state index in [-0.39, 0.29) is 36.4 Å². The molecule has 1 aromatic rings. The standard InChI is InChI=1S/C29H40FN3O4/c1-29(2,3)37-28(36)33-23-7-6-18(11-23)26(33)25(34)13-20(27(31)35)8-17-5-4-16(12-24(17)30)19-9-21-14-32-15-22(21)10-19/h4-5,12,18-23,26,32H,6-11,13-15H2,1-3H3,(H2,31,35)/t18-,19?,20+,21?,22?,23+,26-/m0/s1. The summed E-state index contributed by atoms with van der Waals surface area (Å²) in [5, 5.41) is 3.44. The number of amides is 2. The number of likely N-dealkylation sites (tertiary alicyclic amines) is 1. The molecule has 2 saturated carbocycles. The number of nitrogens with two attached hydrogens (primary N) is 1. The maximum Gasteiger partial charge on any atom is 0.411 e. The van der Waals surface area contributed by atoms with E-state index in [0.717, 1.165) is 50.8 Å². The minimum Gasteiger partial charge on any atom is -0.444 e. The van der Waals surface area contributed by atoms with Gasteiger partial charge in [0.1, 0.15) is 11.4 Å². The monoisotopic (exact) mass is 513 g/mol. The van der Waals surface area contributed by atoms with E-state index in [0.29, 0.717) is 23.3 Å². The second-order valence-electron chi connectivity index (χ2n) is 12.7. The number of carbonyl (C=O) groups is 3. The molecule has 2 amide bonds. The number of piperidine rings is 1. The highest BCUT2D eigenvalue weighted by molar-refractivity contribution is 5.92. The molecular formula is C29H40FN3O4. The number of ether oxygens (including phenoxy) is 1. The number of ketones is 1. The number of carbonyl (C=O) groups excluding carboxylic acids is 3. The Kier molecular flexibility index (Phi) is 7.07. The number of fused-ring (bicyclic) bond motifs is 3. The first kappa shape index (κ1) is 26.1. The lowest BCUT2D eigenvalue weighted by Gasteiger charge is -2.36. The molecule has 0 radical (unpaired) electrons. The van der Waals surface area contributed by atoms with E-state index in [1.807, 2.05) is 6.07 Å². The molecule has 37 heavy (non-hydrogen) atoms. The predicted molar refractivity (Wildman–Crippen MR) is 137 cm³/mol. The molecular weight excluding hydrogens is 473 g/mol. The Morgan fingerprint density at radius 3 is 2.43 bits per heavy atom. The third-order valence-corrected chi connectivity index (χ3v) is 9.04. The predicted octanol–water partition coefficient (Wildman–Crippen LogP) is 3.93. The number of benzene rings is 1. The van der Waals surface area contributed by atoms with Gasteiger partial charge in [0, 0.05) is 18.4 Å². The van der Waals surface area contributed by atoms with Gasteiger partial charge in [-0.05, 0) is 113 Å². The molecule has 4 fully saturated rings. The Hall–Kier alpha value is -2.48. The van der Waals surface area contributed by atoms with Crippen molar-refractivity contribution in [3.63, 3.8) is 0 Å². The van der Waals surface area contributed by atoms with Crippen molar-refractivity contribution in [2.24, 2.45) is 29.4 Å². The van der Waals surface area contributed by atoms with Gasteiger partial charge in [-0.15, -0.1) is 0 Å². The van der Waals surface area contributed by atoms with Gasteiger partial charge in [-0.25, -0.2) is 9.18 Å². The first-order chi connectivity index (χ1) is 17.5. The average Bonchev–Trinajstić information content (AvgIpc) is 3.58. The molecule has 2 aliphatic carbocycles. The first-order valence-corrected chi connectivity index (χ1v) is 13.8. The third-order valence-electron chi connectivity index (χ3n) is 9.04. The largest absolute Gasteiger partial charge is 0.444 e. The number of rotatable bonds is 7. The summed E-state index contributed by atoms with van der Waals surface area (Å²) in [6, 6.07) is 4.70. The van der Waals surface area contributed by atoms with E-state index < -0.39 is 29.6 Å². The lowest BCUT2D eigenvalue weighted by molar-refractivity contribution is -0.131. The van der Waals surface area contributed by atoms with Crippen LogP contribution in [0.1, 0.15) is 76.3 Å². The van der Waals surface area contributed by atoms with Crippen molar-refractivity contribution in [1.82, 2.24) is 10.2 Å². The van der Waals surface area contributed by atoms with E-state index in [4.69, 9.17) is 10.5 Å². The van der Waals surface area contributed by atoms with Gasteiger partial charge in [0.15, 0.2) is 5.78 Å². The van der Waals surface area contributed by atoms with Crippen molar-refractivity contribution in [3.8, 4) is 0 Å². The van der Waals surface area contributed by atoms with E-state index in [1.54, 1.807) is 37.8 Å². The minimum atomic E-state index is -0.829. The fraction of sp³-hybridized carbons (Fsp3) is 0.690. The van der Waals surface area contributed by atoms with Gasteiger partial charge in [-0.2, -0.15) is 0 Å². The van der Waals surface area contributed by atoms with Gasteiger partial charge in [-0.1, -0.05) is 12.1 Å². The fourth-order valence-electron chi connectivity index (χ4n) is 7.30. The third kappa shape index (κ3) is 5.40. The maximum atomic E-state index is 15.2. The summed E-state index contributed by atoms with van der Waals surface area (Å²) in [4.78, 5) is 40.3. The molecule has 7 nitrogen and oxygen atoms in total. The van der Waals surface area contributed by atoms with E-state index in [9.17, 15) is 14.4 Å². The van der Waals surface area contributed by atoms with Crippen LogP contribution in [0, 0.1) is 29.5 Å². The molecule has 2 aliphatic heterocycles. The molecule has 3 N–H and O–H groups in total. The fourth-order valence-corrected chi connectivity index (χ4v) is 7.30. The highest BCUT2D eigenvalue weighted by Crippen LogP contribution is 2.45. The molecule has 5 rings (SSSR count). The quantitative estimate of drug-likeness (QED) is 0.575. The first-order valence-electron chi connectivity index (χ1n) is 13.8. The van der Waals surface area contributed by atoms with Gasteiger partial charge in [-0.3, -0.25) is 14.5 Å². The average molecular weight is 514 g/mol. The molecule has 2 bridgehead atoms. The Labute approximate surface area is 218 Å². The van der Waals surface area contributed by atoms with Crippen LogP contribution >= 0.6 is 0 Å². The molecule has 2 heterocycles. The zero-order valence-electron chi connectivity index (χ0n) is 22.2. The molecule has 202 valence electrons. The van der Waals surface area contributed by atoms with Gasteiger partial charge in [0.05, 0.1) is 6.04 Å². The Morgan fingerprint density at radius 2 is 1.81 bits per heavy atom. The van der Waals surface area contributed by atoms with Crippen molar-refractivity contribution in [1.29, 1.82) is 0 Å². The summed E-state index contributed by atoms with van der Waals surface area (Å²) >= 11 is 0. The lowest BCUT2D eigenvalue weighted by Crippen LogP contribution is -2.51. The van der Waals surface area contributed by atoms with E-state index in [1.165, 1.54) is 0 Å². The number of Topliss-reactive ketones (excluding diaryl/α,β-unsaturated/α-hetero) is 1. The van der Waals surface area contributed by atoms with Crippen LogP contribution in [0.15, 0.2) is 18.2 Å². The zero-order chi connectivity index (χ0) is 26.5. The summed E-state index contributed by atoms with van der Waals surface area (Å²) in [7, 11) is 0. The molecule has 1 aromatic carbocycles. The highest BCUT2D eigenvalue weighted by Gasteiger charge is 2.52. The molecule has 2 unspecified atom stereocenters. The normalized spacial score (nSPS) is 31.4. The highest BCUT2D eigenvalue weighted by atomic mass is 19.1. The van der Waals surface area contributed by atoms with Crippen LogP contribution in [0.5, 0.6) is 0 Å². The van der Waals surface area contributed by atoms with Crippen molar-refractivity contribution < 1.29 is 23.5 Å². The summed E-state index contributed by atoms with van der Waals surface area (Å²) < 4.78 is 20.8. The van der Waals surface area contributed by atoms with Crippen LogP contribution in [0.4, 0.5) is 9.18 Å². The second kappa shape index (κ2) is 10.0. The van der Waals surface area contributed by atoms with Crippen molar-refractivity contribution in [2.45, 2.75) is 89.3 Å². The maximum absolute atomic E-state index is 15.2. The minimum absolute atomic E-state index is 0.0169. The Morgan fingerprint density at radius 1 is 1.11 bits per heavy atom. The summed E-state index contributed by atoms with van der Waals surface area (Å²) in [5.74, 6) is -0.217. The Bertz CT molecular complexity index is 1060. The number of nitrogens with zero attached hydrogens (tertiary/aromatic N) is 1. The molecule has 8 heteroatoms. The molecule has 0 spiro atoms. The topological polar surface area (TPSA) is 102 Å². The molecule has 2 saturated heterocycles.